The monoisotopic (exact) mass is 287 g/mol. The van der Waals surface area contributed by atoms with Crippen molar-refractivity contribution in [2.24, 2.45) is 5.92 Å². The van der Waals surface area contributed by atoms with E-state index >= 15 is 0 Å². The lowest BCUT2D eigenvalue weighted by Gasteiger charge is -2.21. The number of nitrogens with one attached hydrogen (secondary N) is 3. The van der Waals surface area contributed by atoms with Gasteiger partial charge in [0.15, 0.2) is 0 Å². The fraction of sp³-hybridized carbons (Fsp3) is 0.500. The van der Waals surface area contributed by atoms with E-state index < -0.39 is 0 Å². The van der Waals surface area contributed by atoms with Crippen LogP contribution in [0.3, 0.4) is 0 Å². The van der Waals surface area contributed by atoms with Crippen LogP contribution in [-0.4, -0.2) is 30.9 Å². The molecule has 5 heteroatoms. The molecular weight excluding hydrogens is 266 g/mol. The molecule has 1 heterocycles. The number of carbonyl (C=O) groups is 2. The SMILES string of the molecule is O=C(NC1CC1)c1cccc(NC(=O)C2CCNCC2)c1. The van der Waals surface area contributed by atoms with Gasteiger partial charge in [0.25, 0.3) is 5.91 Å². The average Bonchev–Trinajstić information content (AvgIpc) is 3.32. The first-order chi connectivity index (χ1) is 10.2. The molecule has 1 saturated carbocycles. The van der Waals surface area contributed by atoms with Gasteiger partial charge in [-0.2, -0.15) is 0 Å². The summed E-state index contributed by atoms with van der Waals surface area (Å²) in [6.07, 6.45) is 3.87. The van der Waals surface area contributed by atoms with E-state index in [2.05, 4.69) is 16.0 Å². The Kier molecular flexibility index (Phi) is 4.20. The molecule has 21 heavy (non-hydrogen) atoms. The van der Waals surface area contributed by atoms with Crippen molar-refractivity contribution in [2.45, 2.75) is 31.7 Å². The maximum atomic E-state index is 12.2. The van der Waals surface area contributed by atoms with Crippen LogP contribution < -0.4 is 16.0 Å². The molecular formula is C16H21N3O2. The van der Waals surface area contributed by atoms with E-state index in [1.807, 2.05) is 6.07 Å². The van der Waals surface area contributed by atoms with Crippen LogP contribution >= 0.6 is 0 Å². The zero-order valence-electron chi connectivity index (χ0n) is 12.0. The number of hydrogen-bond acceptors (Lipinski definition) is 3. The molecule has 1 aromatic carbocycles. The summed E-state index contributed by atoms with van der Waals surface area (Å²) in [5.41, 5.74) is 1.30. The first-order valence-electron chi connectivity index (χ1n) is 7.65. The third-order valence-corrected chi connectivity index (χ3v) is 4.01. The third-order valence-electron chi connectivity index (χ3n) is 4.01. The quantitative estimate of drug-likeness (QED) is 0.786. The molecule has 0 radical (unpaired) electrons. The fourth-order valence-electron chi connectivity index (χ4n) is 2.56. The number of hydrogen-bond donors (Lipinski definition) is 3. The van der Waals surface area contributed by atoms with Crippen molar-refractivity contribution in [2.75, 3.05) is 18.4 Å². The lowest BCUT2D eigenvalue weighted by Crippen LogP contribution is -2.34. The molecule has 0 aromatic heterocycles. The highest BCUT2D eigenvalue weighted by molar-refractivity contribution is 5.97. The molecule has 1 aliphatic carbocycles. The second kappa shape index (κ2) is 6.26. The summed E-state index contributed by atoms with van der Waals surface area (Å²) in [5.74, 6) is 0.0573. The lowest BCUT2D eigenvalue weighted by atomic mass is 9.97. The molecule has 3 N–H and O–H groups in total. The van der Waals surface area contributed by atoms with Gasteiger partial charge in [-0.1, -0.05) is 6.07 Å². The number of piperidine rings is 1. The molecule has 0 spiro atoms. The molecule has 2 amide bonds. The van der Waals surface area contributed by atoms with E-state index in [1.54, 1.807) is 18.2 Å². The first kappa shape index (κ1) is 14.1. The summed E-state index contributed by atoms with van der Waals surface area (Å²) >= 11 is 0. The number of amides is 2. The first-order valence-corrected chi connectivity index (χ1v) is 7.65. The minimum absolute atomic E-state index is 0.0521. The predicted octanol–water partition coefficient (Wildman–Crippen LogP) is 1.52. The zero-order valence-corrected chi connectivity index (χ0v) is 12.0. The molecule has 5 nitrogen and oxygen atoms in total. The van der Waals surface area contributed by atoms with E-state index in [1.165, 1.54) is 0 Å². The molecule has 3 rings (SSSR count). The summed E-state index contributed by atoms with van der Waals surface area (Å²) in [4.78, 5) is 24.2. The molecule has 1 saturated heterocycles. The van der Waals surface area contributed by atoms with E-state index in [4.69, 9.17) is 0 Å². The van der Waals surface area contributed by atoms with Crippen LogP contribution in [0.4, 0.5) is 5.69 Å². The van der Waals surface area contributed by atoms with Gasteiger partial charge >= 0.3 is 0 Å². The van der Waals surface area contributed by atoms with Crippen molar-refractivity contribution in [1.82, 2.24) is 10.6 Å². The molecule has 1 aromatic rings. The van der Waals surface area contributed by atoms with Gasteiger partial charge < -0.3 is 16.0 Å². The van der Waals surface area contributed by atoms with Gasteiger partial charge in [-0.25, -0.2) is 0 Å². The highest BCUT2D eigenvalue weighted by Crippen LogP contribution is 2.20. The lowest BCUT2D eigenvalue weighted by molar-refractivity contribution is -0.120. The summed E-state index contributed by atoms with van der Waals surface area (Å²) in [7, 11) is 0. The van der Waals surface area contributed by atoms with Crippen LogP contribution in [0, 0.1) is 5.92 Å². The van der Waals surface area contributed by atoms with E-state index in [-0.39, 0.29) is 17.7 Å². The number of anilines is 1. The Balaban J connectivity index is 1.61. The number of rotatable bonds is 4. The Labute approximate surface area is 124 Å². The number of benzene rings is 1. The van der Waals surface area contributed by atoms with Crippen LogP contribution in [0.15, 0.2) is 24.3 Å². The largest absolute Gasteiger partial charge is 0.349 e. The van der Waals surface area contributed by atoms with Crippen molar-refractivity contribution in [3.63, 3.8) is 0 Å². The molecule has 2 aliphatic rings. The summed E-state index contributed by atoms with van der Waals surface area (Å²) < 4.78 is 0. The van der Waals surface area contributed by atoms with Crippen molar-refractivity contribution < 1.29 is 9.59 Å². The highest BCUT2D eigenvalue weighted by atomic mass is 16.2. The van der Waals surface area contributed by atoms with Crippen molar-refractivity contribution in [1.29, 1.82) is 0 Å². The molecule has 0 unspecified atom stereocenters. The van der Waals surface area contributed by atoms with Crippen LogP contribution in [-0.2, 0) is 4.79 Å². The molecule has 0 atom stereocenters. The summed E-state index contributed by atoms with van der Waals surface area (Å²) in [5, 5.41) is 9.13. The Bertz CT molecular complexity index is 534. The number of carbonyl (C=O) groups excluding carboxylic acids is 2. The van der Waals surface area contributed by atoms with Crippen molar-refractivity contribution >= 4 is 17.5 Å². The molecule has 112 valence electrons. The molecule has 1 aliphatic heterocycles. The smallest absolute Gasteiger partial charge is 0.251 e. The van der Waals surface area contributed by atoms with Crippen LogP contribution in [0.1, 0.15) is 36.0 Å². The van der Waals surface area contributed by atoms with Crippen LogP contribution in [0.25, 0.3) is 0 Å². The maximum absolute atomic E-state index is 12.2. The van der Waals surface area contributed by atoms with Crippen LogP contribution in [0.5, 0.6) is 0 Å². The van der Waals surface area contributed by atoms with Gasteiger partial charge in [-0.3, -0.25) is 9.59 Å². The van der Waals surface area contributed by atoms with E-state index in [0.29, 0.717) is 17.3 Å². The van der Waals surface area contributed by atoms with Crippen molar-refractivity contribution in [3.8, 4) is 0 Å². The molecule has 2 fully saturated rings. The molecule has 0 bridgehead atoms. The maximum Gasteiger partial charge on any atom is 0.251 e. The summed E-state index contributed by atoms with van der Waals surface area (Å²) in [6.45, 7) is 1.78. The van der Waals surface area contributed by atoms with Crippen molar-refractivity contribution in [3.05, 3.63) is 29.8 Å². The van der Waals surface area contributed by atoms with Gasteiger partial charge in [0, 0.05) is 23.2 Å². The Morgan fingerprint density at radius 1 is 1.10 bits per heavy atom. The fourth-order valence-corrected chi connectivity index (χ4v) is 2.56. The van der Waals surface area contributed by atoms with Gasteiger partial charge in [-0.15, -0.1) is 0 Å². The van der Waals surface area contributed by atoms with E-state index in [0.717, 1.165) is 38.8 Å². The van der Waals surface area contributed by atoms with Gasteiger partial charge in [0.05, 0.1) is 0 Å². The predicted molar refractivity (Wildman–Crippen MR) is 81.2 cm³/mol. The standard InChI is InChI=1S/C16H21N3O2/c20-15(11-6-8-17-9-7-11)19-14-3-1-2-12(10-14)16(21)18-13-4-5-13/h1-3,10-11,13,17H,4-9H2,(H,18,21)(H,19,20). The van der Waals surface area contributed by atoms with E-state index in [9.17, 15) is 9.59 Å². The van der Waals surface area contributed by atoms with Gasteiger partial charge in [-0.05, 0) is 57.0 Å². The average molecular weight is 287 g/mol. The zero-order chi connectivity index (χ0) is 14.7. The minimum atomic E-state index is -0.0598. The Hall–Kier alpha value is -1.88. The van der Waals surface area contributed by atoms with Gasteiger partial charge in [0.1, 0.15) is 0 Å². The second-order valence-electron chi connectivity index (χ2n) is 5.84. The van der Waals surface area contributed by atoms with Gasteiger partial charge in [0.2, 0.25) is 5.91 Å². The second-order valence-corrected chi connectivity index (χ2v) is 5.84. The minimum Gasteiger partial charge on any atom is -0.349 e. The summed E-state index contributed by atoms with van der Waals surface area (Å²) in [6, 6.07) is 7.49. The normalized spacial score (nSPS) is 19.0. The Morgan fingerprint density at radius 2 is 1.86 bits per heavy atom. The topological polar surface area (TPSA) is 70.2 Å². The Morgan fingerprint density at radius 3 is 2.57 bits per heavy atom. The van der Waals surface area contributed by atoms with Crippen LogP contribution in [0.2, 0.25) is 0 Å². The highest BCUT2D eigenvalue weighted by Gasteiger charge is 2.24. The third kappa shape index (κ3) is 3.82.